The molecule has 1 fully saturated rings. The Morgan fingerprint density at radius 3 is 2.65 bits per heavy atom. The lowest BCUT2D eigenvalue weighted by Gasteiger charge is -2.45. The normalized spacial score (nSPS) is 20.6. The maximum absolute atomic E-state index is 10.7. The second-order valence-electron chi connectivity index (χ2n) is 6.83. The van der Waals surface area contributed by atoms with Crippen LogP contribution in [0.5, 0.6) is 0 Å². The van der Waals surface area contributed by atoms with Gasteiger partial charge in [0, 0.05) is 10.6 Å². The molecule has 1 aromatic heterocycles. The Balaban J connectivity index is 1.73. The van der Waals surface area contributed by atoms with Crippen molar-refractivity contribution >= 4 is 28.9 Å². The molecule has 1 spiro atoms. The van der Waals surface area contributed by atoms with Gasteiger partial charge in [0.1, 0.15) is 11.8 Å². The molecule has 7 heteroatoms. The molecule has 0 saturated heterocycles. The van der Waals surface area contributed by atoms with Crippen LogP contribution in [-0.4, -0.2) is 22.7 Å². The van der Waals surface area contributed by atoms with Gasteiger partial charge in [0.15, 0.2) is 0 Å². The molecule has 1 unspecified atom stereocenters. The molecule has 2 heterocycles. The Morgan fingerprint density at radius 2 is 1.92 bits per heavy atom. The molecule has 1 saturated carbocycles. The third kappa shape index (κ3) is 2.97. The number of hydrogen-bond donors (Lipinski definition) is 3. The fraction of sp³-hybridized carbons (Fsp3) is 0.368. The number of anilines is 1. The maximum Gasteiger partial charge on any atom is 0.220 e. The Bertz CT molecular complexity index is 839. The number of nitrogens with two attached hydrogens (primary N) is 2. The van der Waals surface area contributed by atoms with Crippen molar-refractivity contribution in [3.05, 3.63) is 52.2 Å². The molecule has 2 aliphatic rings. The second kappa shape index (κ2) is 6.74. The van der Waals surface area contributed by atoms with E-state index in [1.165, 1.54) is 17.8 Å². The summed E-state index contributed by atoms with van der Waals surface area (Å²) in [6, 6.07) is 11.7. The van der Waals surface area contributed by atoms with Gasteiger partial charge in [-0.15, -0.1) is 11.3 Å². The first-order valence-corrected chi connectivity index (χ1v) is 9.78. The van der Waals surface area contributed by atoms with E-state index in [4.69, 9.17) is 16.5 Å². The number of guanidine groups is 2. The largest absolute Gasteiger partial charge is 0.383 e. The van der Waals surface area contributed by atoms with Crippen LogP contribution in [0.25, 0.3) is 0 Å². The van der Waals surface area contributed by atoms with Crippen molar-refractivity contribution in [3.8, 4) is 0 Å². The number of hydrogen-bond acceptors (Lipinski definition) is 7. The number of benzene rings is 1. The molecule has 1 aliphatic carbocycles. The molecule has 0 radical (unpaired) electrons. The van der Waals surface area contributed by atoms with Crippen molar-refractivity contribution in [3.63, 3.8) is 0 Å². The molecular weight excluding hydrogens is 346 g/mol. The minimum Gasteiger partial charge on any atom is -0.383 e. The molecule has 0 bridgehead atoms. The summed E-state index contributed by atoms with van der Waals surface area (Å²) in [5.41, 5.74) is 13.5. The summed E-state index contributed by atoms with van der Waals surface area (Å²) in [6.07, 6.45) is 4.48. The maximum atomic E-state index is 10.7. The first-order valence-electron chi connectivity index (χ1n) is 8.90. The number of aliphatic hydroxyl groups is 1. The number of nitrogens with zero attached hydrogens (tertiary/aromatic N) is 3. The van der Waals surface area contributed by atoms with Crippen LogP contribution < -0.4 is 16.4 Å². The lowest BCUT2D eigenvalue weighted by Crippen LogP contribution is -2.58. The molecule has 4 rings (SSSR count). The van der Waals surface area contributed by atoms with Crippen LogP contribution in [0.15, 0.2) is 51.8 Å². The van der Waals surface area contributed by atoms with Gasteiger partial charge in [-0.3, -0.25) is 4.90 Å². The zero-order chi connectivity index (χ0) is 18.1. The van der Waals surface area contributed by atoms with Crippen LogP contribution in [0.2, 0.25) is 0 Å². The van der Waals surface area contributed by atoms with Gasteiger partial charge in [-0.05, 0) is 54.8 Å². The zero-order valence-corrected chi connectivity index (χ0v) is 15.3. The van der Waals surface area contributed by atoms with Crippen LogP contribution in [0.3, 0.4) is 0 Å². The first-order chi connectivity index (χ1) is 12.6. The number of aliphatic hydroxyl groups excluding tert-OH is 1. The van der Waals surface area contributed by atoms with E-state index in [9.17, 15) is 5.11 Å². The highest BCUT2D eigenvalue weighted by atomic mass is 32.1. The predicted octanol–water partition coefficient (Wildman–Crippen LogP) is 2.94. The molecule has 1 aromatic carbocycles. The van der Waals surface area contributed by atoms with Gasteiger partial charge in [0.05, 0.1) is 0 Å². The summed E-state index contributed by atoms with van der Waals surface area (Å²) in [6.45, 7) is 0. The van der Waals surface area contributed by atoms with Crippen LogP contribution in [-0.2, 0) is 0 Å². The topological polar surface area (TPSA) is 100 Å². The van der Waals surface area contributed by atoms with E-state index in [1.54, 1.807) is 0 Å². The van der Waals surface area contributed by atoms with Crippen molar-refractivity contribution in [2.45, 2.75) is 43.9 Å². The molecule has 26 heavy (non-hydrogen) atoms. The Labute approximate surface area is 156 Å². The molecule has 5 N–H and O–H groups in total. The first kappa shape index (κ1) is 17.1. The van der Waals surface area contributed by atoms with Crippen LogP contribution in [0.1, 0.15) is 48.6 Å². The van der Waals surface area contributed by atoms with Crippen LogP contribution in [0.4, 0.5) is 5.69 Å². The third-order valence-electron chi connectivity index (χ3n) is 5.11. The summed E-state index contributed by atoms with van der Waals surface area (Å²) in [4.78, 5) is 11.8. The van der Waals surface area contributed by atoms with Crippen molar-refractivity contribution in [2.24, 2.45) is 21.5 Å². The Morgan fingerprint density at radius 1 is 1.12 bits per heavy atom. The molecular formula is C19H23N5OS. The summed E-state index contributed by atoms with van der Waals surface area (Å²) in [5.74, 6) is 0.609. The highest BCUT2D eigenvalue weighted by Gasteiger charge is 2.42. The average Bonchev–Trinajstić information content (AvgIpc) is 3.16. The van der Waals surface area contributed by atoms with Gasteiger partial charge in [-0.1, -0.05) is 24.6 Å². The van der Waals surface area contributed by atoms with E-state index in [1.807, 2.05) is 46.7 Å². The summed E-state index contributed by atoms with van der Waals surface area (Å²) in [5, 5.41) is 12.7. The molecule has 6 nitrogen and oxygen atoms in total. The zero-order valence-electron chi connectivity index (χ0n) is 14.5. The molecule has 136 valence electrons. The lowest BCUT2D eigenvalue weighted by molar-refractivity contribution is 0.224. The van der Waals surface area contributed by atoms with Crippen molar-refractivity contribution in [2.75, 3.05) is 4.90 Å². The second-order valence-corrected chi connectivity index (χ2v) is 7.81. The monoisotopic (exact) mass is 369 g/mol. The van der Waals surface area contributed by atoms with E-state index in [0.29, 0.717) is 5.96 Å². The highest BCUT2D eigenvalue weighted by molar-refractivity contribution is 7.10. The van der Waals surface area contributed by atoms with Gasteiger partial charge in [0.2, 0.25) is 11.9 Å². The fourth-order valence-electron chi connectivity index (χ4n) is 3.94. The lowest BCUT2D eigenvalue weighted by atomic mass is 9.87. The van der Waals surface area contributed by atoms with Gasteiger partial charge >= 0.3 is 0 Å². The van der Waals surface area contributed by atoms with Gasteiger partial charge < -0.3 is 16.6 Å². The Hall–Kier alpha value is -2.38. The highest BCUT2D eigenvalue weighted by Crippen LogP contribution is 2.40. The van der Waals surface area contributed by atoms with Gasteiger partial charge in [-0.2, -0.15) is 4.99 Å². The summed E-state index contributed by atoms with van der Waals surface area (Å²) >= 11 is 1.54. The third-order valence-corrected chi connectivity index (χ3v) is 6.03. The van der Waals surface area contributed by atoms with E-state index >= 15 is 0 Å². The number of thiophene rings is 1. The molecule has 1 aliphatic heterocycles. The van der Waals surface area contributed by atoms with E-state index < -0.39 is 11.8 Å². The molecule has 2 aromatic rings. The van der Waals surface area contributed by atoms with Crippen LogP contribution >= 0.6 is 11.3 Å². The minimum atomic E-state index is -0.659. The SMILES string of the molecule is NC1=NC2(CCCCC2)N(c2cccc(C(O)c3cccs3)c2)C(N)=N1. The van der Waals surface area contributed by atoms with Crippen molar-refractivity contribution in [1.82, 2.24) is 0 Å². The van der Waals surface area contributed by atoms with Gasteiger partial charge in [0.25, 0.3) is 0 Å². The minimum absolute atomic E-state index is 0.246. The summed E-state index contributed by atoms with van der Waals surface area (Å²) in [7, 11) is 0. The molecule has 0 amide bonds. The van der Waals surface area contributed by atoms with E-state index in [2.05, 4.69) is 4.99 Å². The predicted molar refractivity (Wildman–Crippen MR) is 106 cm³/mol. The Kier molecular flexibility index (Phi) is 4.42. The van der Waals surface area contributed by atoms with Crippen molar-refractivity contribution in [1.29, 1.82) is 0 Å². The van der Waals surface area contributed by atoms with Crippen LogP contribution in [0, 0.1) is 0 Å². The fourth-order valence-corrected chi connectivity index (χ4v) is 4.68. The number of aliphatic imine (C=N–C) groups is 2. The van der Waals surface area contributed by atoms with Crippen molar-refractivity contribution < 1.29 is 5.11 Å². The van der Waals surface area contributed by atoms with E-state index in [0.717, 1.165) is 41.8 Å². The summed E-state index contributed by atoms with van der Waals surface area (Å²) < 4.78 is 0. The molecule has 1 atom stereocenters. The quantitative estimate of drug-likeness (QED) is 0.774. The average molecular weight is 369 g/mol. The van der Waals surface area contributed by atoms with E-state index in [-0.39, 0.29) is 5.96 Å². The standard InChI is InChI=1S/C19H23N5OS/c20-17-22-18(21)24(19(23-17)9-2-1-3-10-19)14-7-4-6-13(12-14)16(25)15-8-5-11-26-15/h4-8,11-12,16,25H,1-3,9-10H2,(H4,20,21,22,23). The number of rotatable bonds is 3. The smallest absolute Gasteiger partial charge is 0.220 e. The van der Waals surface area contributed by atoms with Gasteiger partial charge in [-0.25, -0.2) is 4.99 Å².